The minimum absolute atomic E-state index is 0.147. The van der Waals surface area contributed by atoms with Gasteiger partial charge in [-0.15, -0.1) is 0 Å². The van der Waals surface area contributed by atoms with Gasteiger partial charge in [-0.2, -0.15) is 5.10 Å². The third kappa shape index (κ3) is 3.80. The van der Waals surface area contributed by atoms with Crippen molar-refractivity contribution in [2.24, 2.45) is 0 Å². The number of benzene rings is 2. The van der Waals surface area contributed by atoms with Gasteiger partial charge in [0.15, 0.2) is 0 Å². The minimum atomic E-state index is -0.382. The summed E-state index contributed by atoms with van der Waals surface area (Å²) >= 11 is 0. The van der Waals surface area contributed by atoms with E-state index < -0.39 is 0 Å². The summed E-state index contributed by atoms with van der Waals surface area (Å²) in [6, 6.07) is 14.5. The summed E-state index contributed by atoms with van der Waals surface area (Å²) in [6.07, 6.45) is 5.24. The molecule has 0 saturated carbocycles. The van der Waals surface area contributed by atoms with E-state index in [4.69, 9.17) is 4.74 Å². The molecule has 146 valence electrons. The second kappa shape index (κ2) is 8.10. The van der Waals surface area contributed by atoms with Crippen molar-refractivity contribution in [1.29, 1.82) is 0 Å². The van der Waals surface area contributed by atoms with Gasteiger partial charge in [0.25, 0.3) is 5.56 Å². The number of carbonyl (C=O) groups excluding carboxylic acids is 1. The molecule has 0 saturated heterocycles. The standard InChI is InChI=1S/C22H20N4O3/c1-2-29-22(28)17-7-5-6-16(14-17)20-18-8-3-4-9-19(18)21(27)26(24-20)13-12-25-11-10-23-15-25/h3-11,14-15H,2,12-13H2,1H3. The lowest BCUT2D eigenvalue weighted by atomic mass is 10.0. The Morgan fingerprint density at radius 2 is 1.90 bits per heavy atom. The zero-order chi connectivity index (χ0) is 20.2. The van der Waals surface area contributed by atoms with E-state index in [2.05, 4.69) is 10.1 Å². The molecule has 29 heavy (non-hydrogen) atoms. The first-order valence-electron chi connectivity index (χ1n) is 9.40. The summed E-state index contributed by atoms with van der Waals surface area (Å²) in [4.78, 5) is 29.1. The highest BCUT2D eigenvalue weighted by Gasteiger charge is 2.14. The molecule has 0 bridgehead atoms. The topological polar surface area (TPSA) is 79.0 Å². The maximum atomic E-state index is 12.9. The van der Waals surface area contributed by atoms with Crippen LogP contribution in [0, 0.1) is 0 Å². The summed E-state index contributed by atoms with van der Waals surface area (Å²) in [6.45, 7) is 3.06. The van der Waals surface area contributed by atoms with Crippen molar-refractivity contribution in [3.63, 3.8) is 0 Å². The van der Waals surface area contributed by atoms with Gasteiger partial charge in [0, 0.05) is 29.9 Å². The molecule has 7 nitrogen and oxygen atoms in total. The van der Waals surface area contributed by atoms with Crippen molar-refractivity contribution in [3.8, 4) is 11.3 Å². The van der Waals surface area contributed by atoms with Gasteiger partial charge in [0.2, 0.25) is 0 Å². The summed E-state index contributed by atoms with van der Waals surface area (Å²) in [7, 11) is 0. The van der Waals surface area contributed by atoms with Crippen molar-refractivity contribution >= 4 is 16.7 Å². The molecule has 0 aliphatic heterocycles. The minimum Gasteiger partial charge on any atom is -0.462 e. The van der Waals surface area contributed by atoms with E-state index in [1.54, 1.807) is 43.7 Å². The normalized spacial score (nSPS) is 10.9. The first-order chi connectivity index (χ1) is 14.2. The molecule has 4 rings (SSSR count). The van der Waals surface area contributed by atoms with Crippen molar-refractivity contribution in [2.75, 3.05) is 6.61 Å². The smallest absolute Gasteiger partial charge is 0.338 e. The number of aryl methyl sites for hydroxylation is 2. The zero-order valence-corrected chi connectivity index (χ0v) is 16.0. The second-order valence-electron chi connectivity index (χ2n) is 6.52. The fourth-order valence-electron chi connectivity index (χ4n) is 3.24. The molecule has 0 aliphatic rings. The van der Waals surface area contributed by atoms with Crippen LogP contribution in [0.5, 0.6) is 0 Å². The number of hydrogen-bond acceptors (Lipinski definition) is 5. The Bertz CT molecular complexity index is 1210. The highest BCUT2D eigenvalue weighted by atomic mass is 16.5. The number of rotatable bonds is 6. The van der Waals surface area contributed by atoms with Crippen LogP contribution in [0.3, 0.4) is 0 Å². The molecule has 0 spiro atoms. The zero-order valence-electron chi connectivity index (χ0n) is 16.0. The van der Waals surface area contributed by atoms with E-state index in [-0.39, 0.29) is 11.5 Å². The van der Waals surface area contributed by atoms with Crippen molar-refractivity contribution in [2.45, 2.75) is 20.0 Å². The molecule has 7 heteroatoms. The van der Waals surface area contributed by atoms with E-state index in [0.717, 1.165) is 10.9 Å². The number of ether oxygens (including phenoxy) is 1. The van der Waals surface area contributed by atoms with Crippen LogP contribution in [-0.2, 0) is 17.8 Å². The maximum Gasteiger partial charge on any atom is 0.338 e. The lowest BCUT2D eigenvalue weighted by molar-refractivity contribution is 0.0526. The van der Waals surface area contributed by atoms with Gasteiger partial charge in [-0.1, -0.05) is 30.3 Å². The number of nitrogens with zero attached hydrogens (tertiary/aromatic N) is 4. The predicted octanol–water partition coefficient (Wildman–Crippen LogP) is 3.14. The Labute approximate surface area is 167 Å². The average Bonchev–Trinajstić information content (AvgIpc) is 3.27. The SMILES string of the molecule is CCOC(=O)c1cccc(-c2nn(CCn3ccnc3)c(=O)c3ccccc23)c1. The first-order valence-corrected chi connectivity index (χ1v) is 9.40. The van der Waals surface area contributed by atoms with E-state index >= 15 is 0 Å². The van der Waals surface area contributed by atoms with Gasteiger partial charge in [-0.05, 0) is 25.1 Å². The second-order valence-corrected chi connectivity index (χ2v) is 6.52. The van der Waals surface area contributed by atoms with Gasteiger partial charge in [-0.3, -0.25) is 4.79 Å². The summed E-state index contributed by atoms with van der Waals surface area (Å²) in [5, 5.41) is 5.97. The van der Waals surface area contributed by atoms with Crippen molar-refractivity contribution in [3.05, 3.63) is 83.2 Å². The van der Waals surface area contributed by atoms with Crippen LogP contribution >= 0.6 is 0 Å². The van der Waals surface area contributed by atoms with Crippen LogP contribution in [0.2, 0.25) is 0 Å². The summed E-state index contributed by atoms with van der Waals surface area (Å²) in [5.41, 5.74) is 1.71. The molecular weight excluding hydrogens is 368 g/mol. The molecule has 2 heterocycles. The quantitative estimate of drug-likeness (QED) is 0.474. The number of aromatic nitrogens is 4. The van der Waals surface area contributed by atoms with Gasteiger partial charge in [0.1, 0.15) is 0 Å². The molecule has 0 aliphatic carbocycles. The molecule has 4 aromatic rings. The van der Waals surface area contributed by atoms with Gasteiger partial charge < -0.3 is 9.30 Å². The van der Waals surface area contributed by atoms with E-state index in [1.165, 1.54) is 4.68 Å². The van der Waals surface area contributed by atoms with Crippen LogP contribution in [0.25, 0.3) is 22.0 Å². The largest absolute Gasteiger partial charge is 0.462 e. The Hall–Kier alpha value is -3.74. The molecule has 0 N–H and O–H groups in total. The monoisotopic (exact) mass is 388 g/mol. The maximum absolute atomic E-state index is 12.9. The Morgan fingerprint density at radius 3 is 2.66 bits per heavy atom. The Balaban J connectivity index is 1.81. The highest BCUT2D eigenvalue weighted by molar-refractivity contribution is 5.96. The first kappa shape index (κ1) is 18.6. The number of esters is 1. The van der Waals surface area contributed by atoms with Crippen molar-refractivity contribution < 1.29 is 9.53 Å². The average molecular weight is 388 g/mol. The molecule has 0 unspecified atom stereocenters. The van der Waals surface area contributed by atoms with Gasteiger partial charge >= 0.3 is 5.97 Å². The number of hydrogen-bond donors (Lipinski definition) is 0. The molecule has 2 aromatic heterocycles. The molecule has 2 aromatic carbocycles. The third-order valence-corrected chi connectivity index (χ3v) is 4.64. The number of imidazole rings is 1. The van der Waals surface area contributed by atoms with Crippen LogP contribution < -0.4 is 5.56 Å². The lowest BCUT2D eigenvalue weighted by Gasteiger charge is -2.12. The fraction of sp³-hybridized carbons (Fsp3) is 0.182. The van der Waals surface area contributed by atoms with Crippen LogP contribution in [-0.4, -0.2) is 31.9 Å². The Morgan fingerprint density at radius 1 is 1.07 bits per heavy atom. The highest BCUT2D eigenvalue weighted by Crippen LogP contribution is 2.25. The number of carbonyl (C=O) groups is 1. The molecule has 0 amide bonds. The lowest BCUT2D eigenvalue weighted by Crippen LogP contribution is -2.25. The number of fused-ring (bicyclic) bond motifs is 1. The van der Waals surface area contributed by atoms with Crippen molar-refractivity contribution in [1.82, 2.24) is 19.3 Å². The molecular formula is C22H20N4O3. The Kier molecular flexibility index (Phi) is 5.20. The summed E-state index contributed by atoms with van der Waals surface area (Å²) in [5.74, 6) is -0.382. The van der Waals surface area contributed by atoms with Crippen LogP contribution in [0.1, 0.15) is 17.3 Å². The van der Waals surface area contributed by atoms with E-state index in [1.807, 2.05) is 35.0 Å². The van der Waals surface area contributed by atoms with E-state index in [9.17, 15) is 9.59 Å². The van der Waals surface area contributed by atoms with Crippen LogP contribution in [0.4, 0.5) is 0 Å². The van der Waals surface area contributed by atoms with Gasteiger partial charge in [-0.25, -0.2) is 14.5 Å². The molecule has 0 radical (unpaired) electrons. The fourth-order valence-corrected chi connectivity index (χ4v) is 3.24. The van der Waals surface area contributed by atoms with Crippen LogP contribution in [0.15, 0.2) is 72.0 Å². The molecule has 0 atom stereocenters. The predicted molar refractivity (Wildman–Crippen MR) is 110 cm³/mol. The third-order valence-electron chi connectivity index (χ3n) is 4.64. The van der Waals surface area contributed by atoms with E-state index in [0.29, 0.717) is 36.3 Å². The summed E-state index contributed by atoms with van der Waals surface area (Å²) < 4.78 is 8.47. The van der Waals surface area contributed by atoms with Gasteiger partial charge in [0.05, 0.1) is 36.1 Å². The molecule has 0 fully saturated rings.